The Hall–Kier alpha value is -1.13. The standard InChI is InChI=1S/C13H18N2OS/c1-10-5-7-17-12(10)13(2,16)6-4-11-8-14-15(3)9-11/h5,7-9,16H,4,6H2,1-3H3. The molecule has 0 aromatic carbocycles. The van der Waals surface area contributed by atoms with Crippen LogP contribution in [-0.2, 0) is 19.1 Å². The van der Waals surface area contributed by atoms with Gasteiger partial charge in [-0.25, -0.2) is 0 Å². The van der Waals surface area contributed by atoms with Gasteiger partial charge in [0.25, 0.3) is 0 Å². The SMILES string of the molecule is Cc1ccsc1C(C)(O)CCc1cnn(C)c1. The molecule has 0 bridgehead atoms. The first-order valence-electron chi connectivity index (χ1n) is 5.73. The van der Waals surface area contributed by atoms with Crippen molar-refractivity contribution in [3.8, 4) is 0 Å². The Bertz CT molecular complexity index is 499. The van der Waals surface area contributed by atoms with E-state index < -0.39 is 5.60 Å². The molecular formula is C13H18N2OS. The molecule has 0 spiro atoms. The quantitative estimate of drug-likeness (QED) is 0.906. The number of rotatable bonds is 4. The third-order valence-electron chi connectivity index (χ3n) is 3.01. The smallest absolute Gasteiger partial charge is 0.0965 e. The molecular weight excluding hydrogens is 232 g/mol. The first-order valence-corrected chi connectivity index (χ1v) is 6.61. The highest BCUT2D eigenvalue weighted by molar-refractivity contribution is 7.10. The van der Waals surface area contributed by atoms with Crippen LogP contribution in [0.1, 0.15) is 29.3 Å². The highest BCUT2D eigenvalue weighted by Gasteiger charge is 2.25. The number of hydrogen-bond donors (Lipinski definition) is 1. The Morgan fingerprint density at radius 2 is 2.29 bits per heavy atom. The second kappa shape index (κ2) is 4.63. The van der Waals surface area contributed by atoms with Crippen LogP contribution >= 0.6 is 11.3 Å². The van der Waals surface area contributed by atoms with Gasteiger partial charge in [-0.2, -0.15) is 5.10 Å². The number of aromatic nitrogens is 2. The molecule has 17 heavy (non-hydrogen) atoms. The van der Waals surface area contributed by atoms with E-state index in [9.17, 15) is 5.11 Å². The summed E-state index contributed by atoms with van der Waals surface area (Å²) < 4.78 is 1.79. The van der Waals surface area contributed by atoms with Crippen LogP contribution in [-0.4, -0.2) is 14.9 Å². The van der Waals surface area contributed by atoms with E-state index in [-0.39, 0.29) is 0 Å². The summed E-state index contributed by atoms with van der Waals surface area (Å²) >= 11 is 1.63. The van der Waals surface area contributed by atoms with Crippen LogP contribution in [0.15, 0.2) is 23.8 Å². The summed E-state index contributed by atoms with van der Waals surface area (Å²) in [5.41, 5.74) is 1.60. The number of nitrogens with zero attached hydrogens (tertiary/aromatic N) is 2. The van der Waals surface area contributed by atoms with Crippen molar-refractivity contribution in [2.45, 2.75) is 32.3 Å². The van der Waals surface area contributed by atoms with Gasteiger partial charge in [0, 0.05) is 18.1 Å². The van der Waals surface area contributed by atoms with Crippen LogP contribution in [0.5, 0.6) is 0 Å². The molecule has 0 saturated heterocycles. The molecule has 0 aliphatic carbocycles. The zero-order chi connectivity index (χ0) is 12.5. The van der Waals surface area contributed by atoms with Gasteiger partial charge in [0.05, 0.1) is 11.8 Å². The molecule has 0 radical (unpaired) electrons. The van der Waals surface area contributed by atoms with Crippen molar-refractivity contribution in [2.75, 3.05) is 0 Å². The van der Waals surface area contributed by atoms with Crippen molar-refractivity contribution in [1.82, 2.24) is 9.78 Å². The zero-order valence-corrected chi connectivity index (χ0v) is 11.3. The fraction of sp³-hybridized carbons (Fsp3) is 0.462. The van der Waals surface area contributed by atoms with E-state index in [2.05, 4.69) is 11.2 Å². The van der Waals surface area contributed by atoms with Gasteiger partial charge in [0.15, 0.2) is 0 Å². The van der Waals surface area contributed by atoms with E-state index in [4.69, 9.17) is 0 Å². The van der Waals surface area contributed by atoms with Crippen LogP contribution in [0.3, 0.4) is 0 Å². The third-order valence-corrected chi connectivity index (χ3v) is 4.28. The molecule has 4 heteroatoms. The van der Waals surface area contributed by atoms with Crippen molar-refractivity contribution in [2.24, 2.45) is 7.05 Å². The molecule has 2 aromatic rings. The average Bonchev–Trinajstić information content (AvgIpc) is 2.85. The van der Waals surface area contributed by atoms with Gasteiger partial charge in [-0.15, -0.1) is 11.3 Å². The predicted octanol–water partition coefficient (Wildman–Crippen LogP) is 2.63. The Morgan fingerprint density at radius 3 is 2.82 bits per heavy atom. The molecule has 1 unspecified atom stereocenters. The van der Waals surface area contributed by atoms with Crippen molar-refractivity contribution >= 4 is 11.3 Å². The maximum absolute atomic E-state index is 10.5. The molecule has 92 valence electrons. The number of aliphatic hydroxyl groups is 1. The fourth-order valence-corrected chi connectivity index (χ4v) is 3.04. The highest BCUT2D eigenvalue weighted by Crippen LogP contribution is 2.32. The van der Waals surface area contributed by atoms with Gasteiger partial charge in [0.1, 0.15) is 0 Å². The second-order valence-corrected chi connectivity index (χ2v) is 5.64. The van der Waals surface area contributed by atoms with Crippen LogP contribution in [0, 0.1) is 6.92 Å². The normalized spacial score (nSPS) is 14.8. The minimum absolute atomic E-state index is 0.722. The van der Waals surface area contributed by atoms with Gasteiger partial charge in [-0.3, -0.25) is 4.68 Å². The second-order valence-electron chi connectivity index (χ2n) is 4.73. The fourth-order valence-electron chi connectivity index (χ4n) is 2.03. The lowest BCUT2D eigenvalue weighted by Crippen LogP contribution is -2.21. The van der Waals surface area contributed by atoms with Gasteiger partial charge >= 0.3 is 0 Å². The molecule has 1 N–H and O–H groups in total. The minimum Gasteiger partial charge on any atom is -0.385 e. The van der Waals surface area contributed by atoms with Crippen molar-refractivity contribution in [1.29, 1.82) is 0 Å². The van der Waals surface area contributed by atoms with Crippen LogP contribution in [0.4, 0.5) is 0 Å². The predicted molar refractivity (Wildman–Crippen MR) is 70.2 cm³/mol. The molecule has 0 fully saturated rings. The van der Waals surface area contributed by atoms with E-state index in [1.165, 1.54) is 11.1 Å². The highest BCUT2D eigenvalue weighted by atomic mass is 32.1. The maximum Gasteiger partial charge on any atom is 0.0965 e. The monoisotopic (exact) mass is 250 g/mol. The Labute approximate surface area is 106 Å². The molecule has 2 heterocycles. The van der Waals surface area contributed by atoms with Crippen molar-refractivity contribution in [3.63, 3.8) is 0 Å². The van der Waals surface area contributed by atoms with Crippen molar-refractivity contribution < 1.29 is 5.11 Å². The van der Waals surface area contributed by atoms with Crippen molar-refractivity contribution in [3.05, 3.63) is 39.8 Å². The first kappa shape index (κ1) is 12.3. The molecule has 1 atom stereocenters. The van der Waals surface area contributed by atoms with Gasteiger partial charge in [0.2, 0.25) is 0 Å². The lowest BCUT2D eigenvalue weighted by Gasteiger charge is -2.22. The Morgan fingerprint density at radius 1 is 1.53 bits per heavy atom. The van der Waals surface area contributed by atoms with E-state index in [0.29, 0.717) is 0 Å². The molecule has 0 saturated carbocycles. The summed E-state index contributed by atoms with van der Waals surface area (Å²) in [6, 6.07) is 2.05. The van der Waals surface area contributed by atoms with Crippen LogP contribution in [0.2, 0.25) is 0 Å². The third kappa shape index (κ3) is 2.76. The van der Waals surface area contributed by atoms with Gasteiger partial charge in [-0.1, -0.05) is 0 Å². The molecule has 0 aliphatic rings. The van der Waals surface area contributed by atoms with E-state index >= 15 is 0 Å². The molecule has 3 nitrogen and oxygen atoms in total. The number of thiophene rings is 1. The molecule has 0 amide bonds. The van der Waals surface area contributed by atoms with Crippen LogP contribution < -0.4 is 0 Å². The lowest BCUT2D eigenvalue weighted by atomic mass is 9.94. The largest absolute Gasteiger partial charge is 0.385 e. The topological polar surface area (TPSA) is 38.1 Å². The maximum atomic E-state index is 10.5. The summed E-state index contributed by atoms with van der Waals surface area (Å²) in [4.78, 5) is 1.07. The lowest BCUT2D eigenvalue weighted by molar-refractivity contribution is 0.0513. The van der Waals surface area contributed by atoms with E-state index in [1.807, 2.05) is 38.7 Å². The van der Waals surface area contributed by atoms with Crippen LogP contribution in [0.25, 0.3) is 0 Å². The molecule has 2 aromatic heterocycles. The van der Waals surface area contributed by atoms with Gasteiger partial charge < -0.3 is 5.11 Å². The summed E-state index contributed by atoms with van der Waals surface area (Å²) in [6.45, 7) is 3.94. The zero-order valence-electron chi connectivity index (χ0n) is 10.5. The Balaban J connectivity index is 2.05. The van der Waals surface area contributed by atoms with E-state index in [0.717, 1.165) is 17.7 Å². The average molecular weight is 250 g/mol. The Kier molecular flexibility index (Phi) is 3.35. The summed E-state index contributed by atoms with van der Waals surface area (Å²) in [7, 11) is 1.91. The molecule has 0 aliphatic heterocycles. The summed E-state index contributed by atoms with van der Waals surface area (Å²) in [6.07, 6.45) is 5.42. The number of hydrogen-bond acceptors (Lipinski definition) is 3. The van der Waals surface area contributed by atoms with E-state index in [1.54, 1.807) is 16.0 Å². The molecule has 2 rings (SSSR count). The minimum atomic E-state index is -0.742. The summed E-state index contributed by atoms with van der Waals surface area (Å²) in [5, 5.41) is 16.7. The summed E-state index contributed by atoms with van der Waals surface area (Å²) in [5.74, 6) is 0. The first-order chi connectivity index (χ1) is 7.99. The van der Waals surface area contributed by atoms with Gasteiger partial charge in [-0.05, 0) is 49.3 Å². The number of aryl methyl sites for hydroxylation is 3.